The third-order valence-electron chi connectivity index (χ3n) is 1.06. The van der Waals surface area contributed by atoms with Gasteiger partial charge in [-0.3, -0.25) is 10.9 Å². The van der Waals surface area contributed by atoms with E-state index in [4.69, 9.17) is 0 Å². The molecule has 1 aliphatic rings. The SMILES string of the molecule is c1cnc2c(n1)NNN2. The molecule has 3 N–H and O–H groups in total. The Morgan fingerprint density at radius 3 is 2.11 bits per heavy atom. The largest absolute Gasteiger partial charge is 0.285 e. The summed E-state index contributed by atoms with van der Waals surface area (Å²) in [6.45, 7) is 0. The number of hydrogen-bond donors (Lipinski definition) is 3. The molecule has 0 fully saturated rings. The van der Waals surface area contributed by atoms with Gasteiger partial charge in [-0.1, -0.05) is 0 Å². The van der Waals surface area contributed by atoms with Crippen molar-refractivity contribution in [2.24, 2.45) is 0 Å². The van der Waals surface area contributed by atoms with Gasteiger partial charge in [0.25, 0.3) is 0 Å². The highest BCUT2D eigenvalue weighted by atomic mass is 15.7. The molecule has 1 aromatic rings. The molecule has 0 amide bonds. The van der Waals surface area contributed by atoms with Crippen molar-refractivity contribution >= 4 is 11.6 Å². The summed E-state index contributed by atoms with van der Waals surface area (Å²) < 4.78 is 0. The van der Waals surface area contributed by atoms with Gasteiger partial charge in [-0.25, -0.2) is 9.97 Å². The maximum absolute atomic E-state index is 3.96. The highest BCUT2D eigenvalue weighted by molar-refractivity contribution is 5.61. The fraction of sp³-hybridized carbons (Fsp3) is 0. The van der Waals surface area contributed by atoms with Gasteiger partial charge in [0.05, 0.1) is 0 Å². The maximum atomic E-state index is 3.96. The first-order valence-corrected chi connectivity index (χ1v) is 2.55. The van der Waals surface area contributed by atoms with Gasteiger partial charge in [0.2, 0.25) is 0 Å². The first-order chi connectivity index (χ1) is 4.47. The Morgan fingerprint density at radius 1 is 1.00 bits per heavy atom. The van der Waals surface area contributed by atoms with Crippen LogP contribution in [0.15, 0.2) is 12.4 Å². The van der Waals surface area contributed by atoms with Crippen molar-refractivity contribution in [3.05, 3.63) is 12.4 Å². The smallest absolute Gasteiger partial charge is 0.186 e. The minimum absolute atomic E-state index is 0.734. The van der Waals surface area contributed by atoms with E-state index in [9.17, 15) is 0 Å². The predicted octanol–water partition coefficient (Wildman–Crippen LogP) is -0.266. The summed E-state index contributed by atoms with van der Waals surface area (Å²) >= 11 is 0. The van der Waals surface area contributed by atoms with Gasteiger partial charge in [0, 0.05) is 12.4 Å². The maximum Gasteiger partial charge on any atom is 0.186 e. The molecule has 2 heterocycles. The standard InChI is InChI=1S/C4H5N5/c1-2-6-4-3(5-1)7-9-8-4/h1-2H,(H3,5,6,7,8,9). The van der Waals surface area contributed by atoms with Crippen LogP contribution in [-0.2, 0) is 0 Å². The van der Waals surface area contributed by atoms with Crippen LogP contribution in [0, 0.1) is 0 Å². The number of rotatable bonds is 0. The van der Waals surface area contributed by atoms with E-state index in [1.165, 1.54) is 0 Å². The van der Waals surface area contributed by atoms with Gasteiger partial charge in [0.15, 0.2) is 11.6 Å². The quantitative estimate of drug-likeness (QED) is 0.443. The van der Waals surface area contributed by atoms with Crippen molar-refractivity contribution in [2.75, 3.05) is 10.9 Å². The lowest BCUT2D eigenvalue weighted by Crippen LogP contribution is -2.19. The lowest BCUT2D eigenvalue weighted by Gasteiger charge is -1.88. The van der Waals surface area contributed by atoms with Gasteiger partial charge in [-0.15, -0.1) is 5.53 Å². The average molecular weight is 123 g/mol. The Balaban J connectivity index is 2.54. The molecule has 0 unspecified atom stereocenters. The van der Waals surface area contributed by atoms with E-state index in [2.05, 4.69) is 26.4 Å². The van der Waals surface area contributed by atoms with Crippen molar-refractivity contribution < 1.29 is 0 Å². The highest BCUT2D eigenvalue weighted by Gasteiger charge is 2.08. The van der Waals surface area contributed by atoms with Gasteiger partial charge in [-0.2, -0.15) is 0 Å². The summed E-state index contributed by atoms with van der Waals surface area (Å²) in [4.78, 5) is 7.92. The molecule has 0 spiro atoms. The first-order valence-electron chi connectivity index (χ1n) is 2.55. The van der Waals surface area contributed by atoms with Gasteiger partial charge < -0.3 is 0 Å². The zero-order valence-corrected chi connectivity index (χ0v) is 4.55. The zero-order chi connectivity index (χ0) is 6.10. The molecule has 0 saturated carbocycles. The van der Waals surface area contributed by atoms with Crippen LogP contribution in [0.25, 0.3) is 0 Å². The van der Waals surface area contributed by atoms with E-state index < -0.39 is 0 Å². The van der Waals surface area contributed by atoms with E-state index in [-0.39, 0.29) is 0 Å². The molecule has 0 saturated heterocycles. The number of nitrogens with one attached hydrogen (secondary N) is 3. The zero-order valence-electron chi connectivity index (χ0n) is 4.55. The van der Waals surface area contributed by atoms with E-state index in [0.29, 0.717) is 0 Å². The minimum atomic E-state index is 0.734. The predicted molar refractivity (Wildman–Crippen MR) is 32.4 cm³/mol. The summed E-state index contributed by atoms with van der Waals surface area (Å²) in [6.07, 6.45) is 3.25. The number of hydrogen-bond acceptors (Lipinski definition) is 5. The van der Waals surface area contributed by atoms with Gasteiger partial charge in [-0.05, 0) is 0 Å². The van der Waals surface area contributed by atoms with Crippen LogP contribution >= 0.6 is 0 Å². The topological polar surface area (TPSA) is 61.9 Å². The molecular weight excluding hydrogens is 118 g/mol. The van der Waals surface area contributed by atoms with Crippen LogP contribution in [0.3, 0.4) is 0 Å². The Hall–Kier alpha value is -1.36. The number of anilines is 2. The normalized spacial score (nSPS) is 13.8. The summed E-state index contributed by atoms with van der Waals surface area (Å²) in [5, 5.41) is 0. The fourth-order valence-electron chi connectivity index (χ4n) is 0.671. The van der Waals surface area contributed by atoms with Crippen LogP contribution in [0.4, 0.5) is 11.6 Å². The summed E-state index contributed by atoms with van der Waals surface area (Å²) in [5.74, 6) is 1.47. The third-order valence-corrected chi connectivity index (χ3v) is 1.06. The monoisotopic (exact) mass is 123 g/mol. The molecule has 2 rings (SSSR count). The second kappa shape index (κ2) is 1.56. The van der Waals surface area contributed by atoms with Gasteiger partial charge in [0.1, 0.15) is 0 Å². The average Bonchev–Trinajstić information content (AvgIpc) is 2.33. The highest BCUT2D eigenvalue weighted by Crippen LogP contribution is 2.15. The Bertz CT molecular complexity index is 199. The summed E-state index contributed by atoms with van der Waals surface area (Å²) in [7, 11) is 0. The van der Waals surface area contributed by atoms with Crippen molar-refractivity contribution in [1.29, 1.82) is 0 Å². The molecule has 0 radical (unpaired) electrons. The van der Waals surface area contributed by atoms with Crippen molar-refractivity contribution in [3.63, 3.8) is 0 Å². The van der Waals surface area contributed by atoms with Crippen LogP contribution < -0.4 is 16.4 Å². The molecule has 5 heteroatoms. The van der Waals surface area contributed by atoms with E-state index in [0.717, 1.165) is 11.6 Å². The molecule has 1 aromatic heterocycles. The van der Waals surface area contributed by atoms with E-state index in [1.807, 2.05) is 0 Å². The molecule has 0 atom stereocenters. The van der Waals surface area contributed by atoms with Crippen molar-refractivity contribution in [3.8, 4) is 0 Å². The minimum Gasteiger partial charge on any atom is -0.285 e. The van der Waals surface area contributed by atoms with Crippen molar-refractivity contribution in [1.82, 2.24) is 15.5 Å². The molecular formula is C4H5N5. The number of fused-ring (bicyclic) bond motifs is 1. The van der Waals surface area contributed by atoms with Gasteiger partial charge >= 0.3 is 0 Å². The molecule has 0 aromatic carbocycles. The molecule has 1 aliphatic heterocycles. The number of hydrazine groups is 2. The molecule has 46 valence electrons. The Morgan fingerprint density at radius 2 is 1.56 bits per heavy atom. The third kappa shape index (κ3) is 0.584. The summed E-state index contributed by atoms with van der Waals surface area (Å²) in [5.41, 5.74) is 8.19. The number of aromatic nitrogens is 2. The second-order valence-electron chi connectivity index (χ2n) is 1.63. The van der Waals surface area contributed by atoms with Crippen LogP contribution in [0.1, 0.15) is 0 Å². The van der Waals surface area contributed by atoms with E-state index >= 15 is 0 Å². The van der Waals surface area contributed by atoms with Crippen molar-refractivity contribution in [2.45, 2.75) is 0 Å². The van der Waals surface area contributed by atoms with E-state index in [1.54, 1.807) is 12.4 Å². The molecule has 9 heavy (non-hydrogen) atoms. The molecule has 0 aliphatic carbocycles. The Labute approximate surface area is 51.5 Å². The molecule has 5 nitrogen and oxygen atoms in total. The number of nitrogens with zero attached hydrogens (tertiary/aromatic N) is 2. The Kier molecular flexibility index (Phi) is 0.782. The lowest BCUT2D eigenvalue weighted by atomic mass is 10.6. The molecule has 0 bridgehead atoms. The summed E-state index contributed by atoms with van der Waals surface area (Å²) in [6, 6.07) is 0. The lowest BCUT2D eigenvalue weighted by molar-refractivity contribution is 0.994. The van der Waals surface area contributed by atoms with Crippen LogP contribution in [0.5, 0.6) is 0 Å². The second-order valence-corrected chi connectivity index (χ2v) is 1.63. The fourth-order valence-corrected chi connectivity index (χ4v) is 0.671. The first kappa shape index (κ1) is 4.51. The van der Waals surface area contributed by atoms with Crippen LogP contribution in [0.2, 0.25) is 0 Å². The van der Waals surface area contributed by atoms with Crippen LogP contribution in [-0.4, -0.2) is 9.97 Å².